The van der Waals surface area contributed by atoms with Gasteiger partial charge in [0.2, 0.25) is 0 Å². The van der Waals surface area contributed by atoms with Crippen LogP contribution in [0.2, 0.25) is 0 Å². The molecule has 1 aromatic heterocycles. The van der Waals surface area contributed by atoms with Gasteiger partial charge in [0.15, 0.2) is 0 Å². The monoisotopic (exact) mass is 294 g/mol. The number of ether oxygens (including phenoxy) is 1. The number of fused-ring (bicyclic) bond motifs is 1. The zero-order valence-electron chi connectivity index (χ0n) is 11.9. The van der Waals surface area contributed by atoms with Gasteiger partial charge in [0.1, 0.15) is 11.4 Å². The van der Waals surface area contributed by atoms with Gasteiger partial charge in [-0.1, -0.05) is 6.07 Å². The van der Waals surface area contributed by atoms with Gasteiger partial charge in [-0.2, -0.15) is 0 Å². The quantitative estimate of drug-likeness (QED) is 0.860. The lowest BCUT2D eigenvalue weighted by Crippen LogP contribution is -2.51. The Morgan fingerprint density at radius 3 is 2.67 bits per heavy atom. The number of hydrogen-bond acceptors (Lipinski definition) is 4. The molecule has 21 heavy (non-hydrogen) atoms. The average Bonchev–Trinajstić information content (AvgIpc) is 2.38. The number of nitrogens with zero attached hydrogens (tertiary/aromatic N) is 1. The number of carbonyl (C=O) groups excluding carboxylic acids is 1. The summed E-state index contributed by atoms with van der Waals surface area (Å²) in [6.07, 6.45) is 0. The van der Waals surface area contributed by atoms with Gasteiger partial charge in [0.25, 0.3) is 5.56 Å². The summed E-state index contributed by atoms with van der Waals surface area (Å²) in [6, 6.07) is 3.92. The number of rotatable bonds is 3. The van der Waals surface area contributed by atoms with Crippen molar-refractivity contribution >= 4 is 16.9 Å². The summed E-state index contributed by atoms with van der Waals surface area (Å²) in [5.74, 6) is -1.50. The normalized spacial score (nSPS) is 11.6. The second-order valence-corrected chi connectivity index (χ2v) is 5.01. The van der Waals surface area contributed by atoms with Crippen LogP contribution < -0.4 is 11.2 Å². The predicted molar refractivity (Wildman–Crippen MR) is 74.7 cm³/mol. The fourth-order valence-corrected chi connectivity index (χ4v) is 2.13. The van der Waals surface area contributed by atoms with E-state index in [2.05, 4.69) is 4.98 Å². The molecule has 2 rings (SSSR count). The van der Waals surface area contributed by atoms with Crippen LogP contribution in [0.1, 0.15) is 20.8 Å². The molecule has 112 valence electrons. The Labute approximate surface area is 119 Å². The van der Waals surface area contributed by atoms with Crippen LogP contribution in [0.5, 0.6) is 0 Å². The van der Waals surface area contributed by atoms with Crippen molar-refractivity contribution in [2.24, 2.45) is 0 Å². The minimum Gasteiger partial charge on any atom is -0.464 e. The summed E-state index contributed by atoms with van der Waals surface area (Å²) in [5.41, 5.74) is -3.13. The highest BCUT2D eigenvalue weighted by molar-refractivity contribution is 5.80. The number of aromatic amines is 1. The smallest absolute Gasteiger partial charge is 0.332 e. The first kappa shape index (κ1) is 15.0. The van der Waals surface area contributed by atoms with Crippen LogP contribution in [0.15, 0.2) is 27.8 Å². The van der Waals surface area contributed by atoms with Crippen molar-refractivity contribution in [3.8, 4) is 0 Å². The standard InChI is InChI=1S/C14H15FN2O4/c1-4-21-12(19)14(2,3)17-11(18)10-8(15)6-5-7-9(10)16-13(17)20/h5-7H,4H2,1-3H3,(H,16,20). The third-order valence-corrected chi connectivity index (χ3v) is 3.21. The van der Waals surface area contributed by atoms with E-state index in [1.807, 2.05) is 0 Å². The minimum atomic E-state index is -1.54. The van der Waals surface area contributed by atoms with Crippen LogP contribution in [0.25, 0.3) is 10.9 Å². The van der Waals surface area contributed by atoms with Crippen LogP contribution in [-0.2, 0) is 15.1 Å². The molecule has 0 radical (unpaired) electrons. The van der Waals surface area contributed by atoms with Gasteiger partial charge in [-0.15, -0.1) is 0 Å². The maximum Gasteiger partial charge on any atom is 0.332 e. The molecule has 1 heterocycles. The maximum absolute atomic E-state index is 13.8. The van der Waals surface area contributed by atoms with Gasteiger partial charge < -0.3 is 9.72 Å². The zero-order chi connectivity index (χ0) is 15.8. The molecule has 0 fully saturated rings. The van der Waals surface area contributed by atoms with E-state index < -0.39 is 28.6 Å². The van der Waals surface area contributed by atoms with Crippen LogP contribution in [0, 0.1) is 5.82 Å². The van der Waals surface area contributed by atoms with Gasteiger partial charge in [0, 0.05) is 0 Å². The summed E-state index contributed by atoms with van der Waals surface area (Å²) in [5, 5.41) is -0.269. The van der Waals surface area contributed by atoms with Gasteiger partial charge >= 0.3 is 11.7 Å². The molecule has 1 N–H and O–H groups in total. The van der Waals surface area contributed by atoms with Crippen LogP contribution >= 0.6 is 0 Å². The third kappa shape index (κ3) is 2.35. The van der Waals surface area contributed by atoms with E-state index in [0.29, 0.717) is 4.57 Å². The molecule has 0 saturated carbocycles. The van der Waals surface area contributed by atoms with Gasteiger partial charge in [-0.05, 0) is 32.9 Å². The molecule has 0 amide bonds. The summed E-state index contributed by atoms with van der Waals surface area (Å²) < 4.78 is 19.4. The number of carbonyl (C=O) groups is 1. The first-order valence-electron chi connectivity index (χ1n) is 6.42. The van der Waals surface area contributed by atoms with Gasteiger partial charge in [-0.3, -0.25) is 4.79 Å². The summed E-state index contributed by atoms with van der Waals surface area (Å²) in [4.78, 5) is 38.9. The molecule has 2 aromatic rings. The van der Waals surface area contributed by atoms with Crippen LogP contribution in [0.3, 0.4) is 0 Å². The Kier molecular flexibility index (Phi) is 3.67. The molecular formula is C14H15FN2O4. The van der Waals surface area contributed by atoms with Crippen molar-refractivity contribution in [1.29, 1.82) is 0 Å². The number of halogens is 1. The number of aromatic nitrogens is 2. The first-order valence-corrected chi connectivity index (χ1v) is 6.42. The van der Waals surface area contributed by atoms with E-state index in [1.165, 1.54) is 26.0 Å². The fourth-order valence-electron chi connectivity index (χ4n) is 2.13. The Balaban J connectivity index is 2.82. The van der Waals surface area contributed by atoms with E-state index >= 15 is 0 Å². The van der Waals surface area contributed by atoms with Gasteiger partial charge in [-0.25, -0.2) is 18.5 Å². The Hall–Kier alpha value is -2.44. The Bertz CT molecular complexity index is 820. The van der Waals surface area contributed by atoms with Crippen LogP contribution in [-0.4, -0.2) is 22.1 Å². The predicted octanol–water partition coefficient (Wildman–Crippen LogP) is 1.13. The highest BCUT2D eigenvalue weighted by Gasteiger charge is 2.35. The van der Waals surface area contributed by atoms with Crippen molar-refractivity contribution in [3.63, 3.8) is 0 Å². The van der Waals surface area contributed by atoms with Crippen LogP contribution in [0.4, 0.5) is 4.39 Å². The summed E-state index contributed by atoms with van der Waals surface area (Å²) >= 11 is 0. The van der Waals surface area contributed by atoms with Crippen molar-refractivity contribution in [1.82, 2.24) is 9.55 Å². The Morgan fingerprint density at radius 2 is 2.05 bits per heavy atom. The molecule has 0 aliphatic carbocycles. The molecule has 0 aliphatic rings. The maximum atomic E-state index is 13.8. The largest absolute Gasteiger partial charge is 0.464 e. The summed E-state index contributed by atoms with van der Waals surface area (Å²) in [6.45, 7) is 4.46. The second kappa shape index (κ2) is 5.16. The first-order chi connectivity index (χ1) is 9.80. The third-order valence-electron chi connectivity index (χ3n) is 3.21. The SMILES string of the molecule is CCOC(=O)C(C)(C)n1c(=O)[nH]c2cccc(F)c2c1=O. The number of H-pyrrole nitrogens is 1. The molecule has 7 heteroatoms. The molecule has 0 bridgehead atoms. The topological polar surface area (TPSA) is 81.2 Å². The van der Waals surface area contributed by atoms with Crippen molar-refractivity contribution in [2.45, 2.75) is 26.3 Å². The highest BCUT2D eigenvalue weighted by Crippen LogP contribution is 2.15. The van der Waals surface area contributed by atoms with E-state index in [0.717, 1.165) is 6.07 Å². The van der Waals surface area contributed by atoms with E-state index in [9.17, 15) is 18.8 Å². The van der Waals surface area contributed by atoms with Crippen molar-refractivity contribution < 1.29 is 13.9 Å². The number of hydrogen-bond donors (Lipinski definition) is 1. The number of nitrogens with one attached hydrogen (secondary N) is 1. The minimum absolute atomic E-state index is 0.0842. The molecular weight excluding hydrogens is 279 g/mol. The molecule has 0 atom stereocenters. The molecule has 1 aromatic carbocycles. The van der Waals surface area contributed by atoms with Crippen molar-refractivity contribution in [2.75, 3.05) is 6.61 Å². The average molecular weight is 294 g/mol. The molecule has 0 saturated heterocycles. The summed E-state index contributed by atoms with van der Waals surface area (Å²) in [7, 11) is 0. The molecule has 0 spiro atoms. The number of benzene rings is 1. The molecule has 6 nitrogen and oxygen atoms in total. The lowest BCUT2D eigenvalue weighted by atomic mass is 10.1. The van der Waals surface area contributed by atoms with E-state index in [-0.39, 0.29) is 17.5 Å². The van der Waals surface area contributed by atoms with Crippen molar-refractivity contribution in [3.05, 3.63) is 44.9 Å². The van der Waals surface area contributed by atoms with E-state index in [4.69, 9.17) is 4.74 Å². The lowest BCUT2D eigenvalue weighted by molar-refractivity contribution is -0.152. The lowest BCUT2D eigenvalue weighted by Gasteiger charge is -2.24. The Morgan fingerprint density at radius 1 is 1.38 bits per heavy atom. The van der Waals surface area contributed by atoms with E-state index in [1.54, 1.807) is 6.92 Å². The second-order valence-electron chi connectivity index (χ2n) is 5.01. The number of esters is 1. The molecule has 0 aliphatic heterocycles. The fraction of sp³-hybridized carbons (Fsp3) is 0.357. The zero-order valence-corrected chi connectivity index (χ0v) is 11.9. The van der Waals surface area contributed by atoms with Gasteiger partial charge in [0.05, 0.1) is 17.5 Å². The highest BCUT2D eigenvalue weighted by atomic mass is 19.1. The molecule has 0 unspecified atom stereocenters.